The molecule has 24 heavy (non-hydrogen) atoms. The van der Waals surface area contributed by atoms with Gasteiger partial charge in [-0.3, -0.25) is 4.79 Å². The Morgan fingerprint density at radius 1 is 1.12 bits per heavy atom. The Kier molecular flexibility index (Phi) is 4.58. The number of aromatic carboxylic acids is 1. The monoisotopic (exact) mass is 343 g/mol. The number of carbonyl (C=O) groups excluding carboxylic acids is 1. The molecule has 124 valence electrons. The van der Waals surface area contributed by atoms with E-state index in [1.165, 1.54) is 0 Å². The normalized spacial score (nSPS) is 14.9. The van der Waals surface area contributed by atoms with Gasteiger partial charge in [0.05, 0.1) is 11.0 Å². The highest BCUT2D eigenvalue weighted by Crippen LogP contribution is 2.48. The van der Waals surface area contributed by atoms with Gasteiger partial charge in [-0.2, -0.15) is 0 Å². The van der Waals surface area contributed by atoms with Crippen LogP contribution in [-0.2, 0) is 16.6 Å². The van der Waals surface area contributed by atoms with E-state index in [1.807, 2.05) is 24.3 Å². The summed E-state index contributed by atoms with van der Waals surface area (Å²) in [5, 5.41) is 12.6. The lowest BCUT2D eigenvalue weighted by Gasteiger charge is -2.16. The average Bonchev–Trinajstić information content (AvgIpc) is 3.37. The Bertz CT molecular complexity index is 784. The number of carbonyl (C=O) groups is 2. The van der Waals surface area contributed by atoms with Gasteiger partial charge in [0.1, 0.15) is 0 Å². The fraction of sp³-hybridized carbons (Fsp3) is 0.263. The molecule has 0 aromatic heterocycles. The molecule has 0 heterocycles. The van der Waals surface area contributed by atoms with Crippen LogP contribution in [0.25, 0.3) is 0 Å². The quantitative estimate of drug-likeness (QED) is 0.844. The summed E-state index contributed by atoms with van der Waals surface area (Å²) in [4.78, 5) is 23.5. The van der Waals surface area contributed by atoms with E-state index in [9.17, 15) is 9.59 Å². The van der Waals surface area contributed by atoms with Crippen molar-refractivity contribution in [3.8, 4) is 0 Å². The van der Waals surface area contributed by atoms with Crippen molar-refractivity contribution in [2.75, 3.05) is 6.54 Å². The van der Waals surface area contributed by atoms with E-state index in [4.69, 9.17) is 16.7 Å². The van der Waals surface area contributed by atoms with Crippen LogP contribution >= 0.6 is 11.6 Å². The summed E-state index contributed by atoms with van der Waals surface area (Å²) < 4.78 is 0. The number of amides is 1. The summed E-state index contributed by atoms with van der Waals surface area (Å²) in [5.41, 5.74) is 1.66. The molecule has 1 amide bonds. The maximum atomic E-state index is 12.6. The van der Waals surface area contributed by atoms with Crippen LogP contribution in [0.2, 0.25) is 5.02 Å². The summed E-state index contributed by atoms with van der Waals surface area (Å²) in [5.74, 6) is -0.932. The van der Waals surface area contributed by atoms with Crippen molar-refractivity contribution < 1.29 is 14.7 Å². The van der Waals surface area contributed by atoms with Crippen molar-refractivity contribution in [1.29, 1.82) is 0 Å². The van der Waals surface area contributed by atoms with Crippen molar-refractivity contribution in [2.45, 2.75) is 24.7 Å². The average molecular weight is 344 g/mol. The number of hydrogen-bond donors (Lipinski definition) is 2. The highest BCUT2D eigenvalue weighted by atomic mass is 35.5. The predicted molar refractivity (Wildman–Crippen MR) is 92.5 cm³/mol. The minimum absolute atomic E-state index is 0.0131. The number of hydrogen-bond acceptors (Lipinski definition) is 2. The molecule has 0 aliphatic heterocycles. The zero-order valence-electron chi connectivity index (χ0n) is 13.1. The second-order valence-electron chi connectivity index (χ2n) is 6.10. The SMILES string of the molecule is O=C(O)c1cccc(CCNC(=O)C2(c3cccc(Cl)c3)CC2)c1. The number of carboxylic acid groups (broad SMARTS) is 1. The molecule has 5 heteroatoms. The van der Waals surface area contributed by atoms with E-state index in [2.05, 4.69) is 5.32 Å². The predicted octanol–water partition coefficient (Wildman–Crippen LogP) is 3.43. The molecule has 3 rings (SSSR count). The largest absolute Gasteiger partial charge is 0.478 e. The first-order valence-corrected chi connectivity index (χ1v) is 8.26. The highest BCUT2D eigenvalue weighted by molar-refractivity contribution is 6.30. The summed E-state index contributed by atoms with van der Waals surface area (Å²) in [6.45, 7) is 0.476. The molecule has 1 aliphatic rings. The molecule has 0 atom stereocenters. The summed E-state index contributed by atoms with van der Waals surface area (Å²) in [7, 11) is 0. The minimum atomic E-state index is -0.946. The number of benzene rings is 2. The molecular formula is C19H18ClNO3. The van der Waals surface area contributed by atoms with Gasteiger partial charge in [-0.05, 0) is 54.7 Å². The Morgan fingerprint density at radius 3 is 2.54 bits per heavy atom. The molecule has 1 saturated carbocycles. The number of rotatable bonds is 6. The zero-order chi connectivity index (χ0) is 17.2. The van der Waals surface area contributed by atoms with Gasteiger partial charge in [0, 0.05) is 11.6 Å². The zero-order valence-corrected chi connectivity index (χ0v) is 13.8. The summed E-state index contributed by atoms with van der Waals surface area (Å²) in [6.07, 6.45) is 2.25. The van der Waals surface area contributed by atoms with Crippen LogP contribution in [0.5, 0.6) is 0 Å². The Hall–Kier alpha value is -2.33. The molecule has 0 bridgehead atoms. The lowest BCUT2D eigenvalue weighted by atomic mass is 9.95. The highest BCUT2D eigenvalue weighted by Gasteiger charge is 2.51. The first-order valence-electron chi connectivity index (χ1n) is 7.88. The number of nitrogens with one attached hydrogen (secondary N) is 1. The van der Waals surface area contributed by atoms with Gasteiger partial charge >= 0.3 is 5.97 Å². The van der Waals surface area contributed by atoms with Gasteiger partial charge in [-0.15, -0.1) is 0 Å². The lowest BCUT2D eigenvalue weighted by Crippen LogP contribution is -2.35. The molecule has 0 unspecified atom stereocenters. The number of carboxylic acids is 1. The van der Waals surface area contributed by atoms with E-state index in [-0.39, 0.29) is 11.5 Å². The minimum Gasteiger partial charge on any atom is -0.478 e. The van der Waals surface area contributed by atoms with Crippen molar-refractivity contribution >= 4 is 23.5 Å². The Labute approximate surface area is 145 Å². The standard InChI is InChI=1S/C19H18ClNO3/c20-16-6-2-5-15(12-16)19(8-9-19)18(24)21-10-7-13-3-1-4-14(11-13)17(22)23/h1-6,11-12H,7-10H2,(H,21,24)(H,22,23). The van der Waals surface area contributed by atoms with Crippen LogP contribution < -0.4 is 5.32 Å². The molecule has 2 aromatic rings. The third-order valence-corrected chi connectivity index (χ3v) is 4.67. The lowest BCUT2D eigenvalue weighted by molar-refractivity contribution is -0.123. The van der Waals surface area contributed by atoms with Gasteiger partial charge in [-0.25, -0.2) is 4.79 Å². The first-order chi connectivity index (χ1) is 11.5. The van der Waals surface area contributed by atoms with E-state index in [0.29, 0.717) is 18.0 Å². The smallest absolute Gasteiger partial charge is 0.335 e. The van der Waals surface area contributed by atoms with E-state index < -0.39 is 11.4 Å². The molecule has 0 radical (unpaired) electrons. The fourth-order valence-electron chi connectivity index (χ4n) is 2.91. The van der Waals surface area contributed by atoms with Crippen LogP contribution in [0.4, 0.5) is 0 Å². The van der Waals surface area contributed by atoms with E-state index in [1.54, 1.807) is 24.3 Å². The van der Waals surface area contributed by atoms with Crippen LogP contribution in [-0.4, -0.2) is 23.5 Å². The maximum absolute atomic E-state index is 12.6. The van der Waals surface area contributed by atoms with Crippen LogP contribution in [0.1, 0.15) is 34.3 Å². The third-order valence-electron chi connectivity index (χ3n) is 4.44. The van der Waals surface area contributed by atoms with Gasteiger partial charge in [0.2, 0.25) is 5.91 Å². The molecule has 2 aromatic carbocycles. The van der Waals surface area contributed by atoms with Crippen molar-refractivity contribution in [1.82, 2.24) is 5.32 Å². The fourth-order valence-corrected chi connectivity index (χ4v) is 3.10. The number of halogens is 1. The first kappa shape index (κ1) is 16.5. The Balaban J connectivity index is 1.60. The van der Waals surface area contributed by atoms with Crippen LogP contribution in [0.3, 0.4) is 0 Å². The molecule has 2 N–H and O–H groups in total. The van der Waals surface area contributed by atoms with E-state index in [0.717, 1.165) is 24.0 Å². The summed E-state index contributed by atoms with van der Waals surface area (Å²) >= 11 is 6.03. The second-order valence-corrected chi connectivity index (χ2v) is 6.54. The topological polar surface area (TPSA) is 66.4 Å². The van der Waals surface area contributed by atoms with Crippen molar-refractivity contribution in [2.24, 2.45) is 0 Å². The molecule has 0 saturated heterocycles. The van der Waals surface area contributed by atoms with Gasteiger partial charge in [0.15, 0.2) is 0 Å². The van der Waals surface area contributed by atoms with Crippen molar-refractivity contribution in [3.63, 3.8) is 0 Å². The Morgan fingerprint density at radius 2 is 1.88 bits per heavy atom. The maximum Gasteiger partial charge on any atom is 0.335 e. The third kappa shape index (κ3) is 3.44. The molecule has 1 fully saturated rings. The van der Waals surface area contributed by atoms with Gasteiger partial charge in [-0.1, -0.05) is 35.9 Å². The molecule has 4 nitrogen and oxygen atoms in total. The van der Waals surface area contributed by atoms with Crippen LogP contribution in [0.15, 0.2) is 48.5 Å². The van der Waals surface area contributed by atoms with E-state index >= 15 is 0 Å². The van der Waals surface area contributed by atoms with Gasteiger partial charge < -0.3 is 10.4 Å². The molecule has 0 spiro atoms. The molecular weight excluding hydrogens is 326 g/mol. The second kappa shape index (κ2) is 6.65. The van der Waals surface area contributed by atoms with Crippen LogP contribution in [0, 0.1) is 0 Å². The molecule has 1 aliphatic carbocycles. The van der Waals surface area contributed by atoms with Crippen molar-refractivity contribution in [3.05, 3.63) is 70.2 Å². The van der Waals surface area contributed by atoms with Gasteiger partial charge in [0.25, 0.3) is 0 Å². The summed E-state index contributed by atoms with van der Waals surface area (Å²) in [6, 6.07) is 14.2.